The first kappa shape index (κ1) is 74.7. The molecule has 6 aliphatic heterocycles. The van der Waals surface area contributed by atoms with Gasteiger partial charge in [0.1, 0.15) is 8.42 Å². The number of thiophene rings is 2. The molecule has 2 aromatic heterocycles. The van der Waals surface area contributed by atoms with E-state index in [9.17, 15) is 35.5 Å². The SMILES string of the molecule is C1CC2CNCC2O1.CC#N.CC(C)(O)c1ccc(N2CCN(S(=O)(=O)c3cccs3)C[C@@H]2CN2CC3CCOC3C2)cc1.CC(C)(O)c1ccc(N2CCN(S(=O)(=O)c3cccs3)C[C@@H]2COS(C)(=O)=O)cc1.Cl.O=CO[O-].[H-].[K+].[K+]. The van der Waals surface area contributed by atoms with Crippen molar-refractivity contribution in [3.63, 3.8) is 0 Å². The van der Waals surface area contributed by atoms with Gasteiger partial charge in [-0.05, 0) is 98.8 Å². The van der Waals surface area contributed by atoms with E-state index in [1.165, 1.54) is 35.5 Å². The number of hydrogen-bond donors (Lipinski definition) is 3. The third-order valence-corrected chi connectivity index (χ3v) is 21.3. The van der Waals surface area contributed by atoms with E-state index in [1.54, 1.807) is 79.8 Å². The second-order valence-electron chi connectivity index (χ2n) is 20.7. The Morgan fingerprint density at radius 3 is 1.58 bits per heavy atom. The first-order valence-corrected chi connectivity index (χ1v) is 32.1. The average Bonchev–Trinajstić information content (AvgIpc) is 4.26. The standard InChI is InChI=1S/C24H33N3O4S2.C19H26N2O6S3.C6H11NO.C2H3N.CH2O3.ClH.2K.H/c1-24(2,28)19-5-7-20(8-6-19)27-11-10-26(33(29,30)23-4-3-13-32-23)16-21(27)15-25-14-18-9-12-31-22(18)17-25;1-19(2,22)15-6-8-16(9-7-15)21-11-10-20(13-17(21)14-27-29(3,23)24)30(25,26)18-5-4-12-28-18;1-2-8-6-4-7-3-5(1)6;1-2-3;2-1-4-3;;;;/h3-8,13,18,21-22,28H,9-12,14-17H2,1-2H3;4-9,12,17,22H,10-11,13-14H2,1-3H3;5-7H,1-4H2;1H3;1,3H;1H;;;/q;;;;;;2*+1;-1/p-1/t18?,21-,22?;17-;;;;;;;/m01......./s1. The number of aliphatic hydroxyl groups is 2. The number of hydrogen-bond acceptors (Lipinski definition) is 21. The maximum atomic E-state index is 13.2. The monoisotopic (exact) mass is 1300 g/mol. The number of rotatable bonds is 14. The van der Waals surface area contributed by atoms with E-state index in [0.717, 1.165) is 91.8 Å². The third kappa shape index (κ3) is 21.6. The topological polar surface area (TPSA) is 272 Å². The maximum Gasteiger partial charge on any atom is 1.00 e. The van der Waals surface area contributed by atoms with Gasteiger partial charge in [0.2, 0.25) is 0 Å². The van der Waals surface area contributed by atoms with Crippen LogP contribution < -0.4 is 123 Å². The summed E-state index contributed by atoms with van der Waals surface area (Å²) in [5, 5.41) is 43.0. The first-order chi connectivity index (χ1) is 36.9. The van der Waals surface area contributed by atoms with E-state index in [-0.39, 0.29) is 153 Å². The number of nitrogens with zero attached hydrogens (tertiary/aromatic N) is 6. The van der Waals surface area contributed by atoms with Crippen molar-refractivity contribution in [2.75, 3.05) is 108 Å². The van der Waals surface area contributed by atoms with Crippen LogP contribution in [0.15, 0.2) is 92.0 Å². The van der Waals surface area contributed by atoms with Crippen LogP contribution in [0.5, 0.6) is 0 Å². The molecule has 0 saturated carbocycles. The molecule has 442 valence electrons. The molecular formula is C52H76ClK2N7O14S5. The molecule has 81 heavy (non-hydrogen) atoms. The number of sulfonamides is 2. The van der Waals surface area contributed by atoms with Crippen molar-refractivity contribution >= 4 is 83.1 Å². The number of anilines is 2. The summed E-state index contributed by atoms with van der Waals surface area (Å²) >= 11 is 2.43. The van der Waals surface area contributed by atoms with Crippen molar-refractivity contribution in [3.8, 4) is 6.07 Å². The van der Waals surface area contributed by atoms with E-state index in [2.05, 4.69) is 20.0 Å². The smallest absolute Gasteiger partial charge is 1.00 e. The van der Waals surface area contributed by atoms with Crippen LogP contribution in [0.1, 0.15) is 60.0 Å². The predicted octanol–water partition coefficient (Wildman–Crippen LogP) is -2.09. The zero-order chi connectivity index (χ0) is 56.9. The molecule has 10 rings (SSSR count). The number of carbonyl (C=O) groups excluding carboxylic acids is 1. The number of ether oxygens (including phenoxy) is 2. The minimum absolute atomic E-state index is 0. The second kappa shape index (κ2) is 34.2. The summed E-state index contributed by atoms with van der Waals surface area (Å²) in [6, 6.07) is 23.3. The Bertz CT molecular complexity index is 2860. The molecule has 3 N–H and O–H groups in total. The Kier molecular flexibility index (Phi) is 31.6. The molecule has 0 amide bonds. The fourth-order valence-electron chi connectivity index (χ4n) is 10.2. The molecule has 2 aromatic carbocycles. The Hall–Kier alpha value is -0.587. The molecule has 0 aliphatic carbocycles. The van der Waals surface area contributed by atoms with Gasteiger partial charge in [0.25, 0.3) is 36.6 Å². The Morgan fingerprint density at radius 2 is 1.17 bits per heavy atom. The van der Waals surface area contributed by atoms with Gasteiger partial charge in [-0.2, -0.15) is 22.3 Å². The fourth-order valence-corrected chi connectivity index (χ4v) is 15.9. The molecule has 6 atom stereocenters. The molecule has 29 heteroatoms. The average molecular weight is 1300 g/mol. The fraction of sp³-hybridized carbons (Fsp3) is 0.577. The van der Waals surface area contributed by atoms with Crippen LogP contribution in [-0.4, -0.2) is 178 Å². The van der Waals surface area contributed by atoms with Gasteiger partial charge in [0, 0.05) is 115 Å². The van der Waals surface area contributed by atoms with Crippen molar-refractivity contribution in [1.82, 2.24) is 18.8 Å². The number of halogens is 1. The molecule has 6 fully saturated rings. The van der Waals surface area contributed by atoms with E-state index in [1.807, 2.05) is 46.7 Å². The molecule has 21 nitrogen and oxygen atoms in total. The maximum absolute atomic E-state index is 13.2. The molecule has 6 aliphatic rings. The first-order valence-electron chi connectivity index (χ1n) is 25.7. The minimum Gasteiger partial charge on any atom is -1.00 e. The van der Waals surface area contributed by atoms with Gasteiger partial charge in [-0.3, -0.25) is 13.9 Å². The summed E-state index contributed by atoms with van der Waals surface area (Å²) in [5.41, 5.74) is 1.61. The summed E-state index contributed by atoms with van der Waals surface area (Å²) in [6.07, 6.45) is 4.25. The second-order valence-corrected chi connectivity index (χ2v) is 28.6. The molecule has 4 unspecified atom stereocenters. The number of piperazine rings is 2. The van der Waals surface area contributed by atoms with Crippen LogP contribution in [0, 0.1) is 23.2 Å². The summed E-state index contributed by atoms with van der Waals surface area (Å²) < 4.78 is 95.4. The summed E-state index contributed by atoms with van der Waals surface area (Å²) in [6.45, 7) is 17.2. The zero-order valence-electron chi connectivity index (χ0n) is 48.4. The van der Waals surface area contributed by atoms with Crippen molar-refractivity contribution in [3.05, 3.63) is 94.7 Å². The number of benzene rings is 2. The Morgan fingerprint density at radius 1 is 0.728 bits per heavy atom. The molecular weight excluding hydrogens is 1220 g/mol. The van der Waals surface area contributed by atoms with Gasteiger partial charge < -0.3 is 46.4 Å². The number of likely N-dealkylation sites (tertiary alicyclic amines) is 1. The van der Waals surface area contributed by atoms with E-state index >= 15 is 0 Å². The number of nitriles is 1. The van der Waals surface area contributed by atoms with Crippen molar-refractivity contribution in [2.24, 2.45) is 11.8 Å². The van der Waals surface area contributed by atoms with Gasteiger partial charge in [-0.25, -0.2) is 16.8 Å². The minimum atomic E-state index is -3.68. The zero-order valence-corrected chi connectivity index (χ0v) is 58.5. The van der Waals surface area contributed by atoms with E-state index in [4.69, 9.17) is 29.0 Å². The van der Waals surface area contributed by atoms with Gasteiger partial charge >= 0.3 is 103 Å². The van der Waals surface area contributed by atoms with Gasteiger partial charge in [-0.15, -0.1) is 35.1 Å². The summed E-state index contributed by atoms with van der Waals surface area (Å²) in [7, 11) is -10.8. The molecule has 4 aromatic rings. The van der Waals surface area contributed by atoms with Crippen molar-refractivity contribution in [1.29, 1.82) is 5.26 Å². The quantitative estimate of drug-likeness (QED) is 0.0402. The normalized spacial score (nSPS) is 23.0. The van der Waals surface area contributed by atoms with Gasteiger partial charge in [-0.1, -0.05) is 36.4 Å². The number of carbonyl (C=O) groups is 1. The Balaban J connectivity index is 0.000000430. The van der Waals surface area contributed by atoms with Crippen LogP contribution in [0.4, 0.5) is 11.4 Å². The molecule has 0 spiro atoms. The van der Waals surface area contributed by atoms with Crippen molar-refractivity contribution < 1.29 is 168 Å². The number of fused-ring (bicyclic) bond motifs is 2. The summed E-state index contributed by atoms with van der Waals surface area (Å²) in [4.78, 5) is 18.0. The van der Waals surface area contributed by atoms with E-state index in [0.29, 0.717) is 48.5 Å². The largest absolute Gasteiger partial charge is 1.00 e. The van der Waals surface area contributed by atoms with Crippen LogP contribution in [-0.2, 0) is 64.7 Å². The van der Waals surface area contributed by atoms with E-state index < -0.39 is 47.4 Å². The van der Waals surface area contributed by atoms with Gasteiger partial charge in [0.05, 0.1) is 54.4 Å². The summed E-state index contributed by atoms with van der Waals surface area (Å²) in [5.74, 6) is 1.44. The number of nitrogens with one attached hydrogen (secondary N) is 1. The molecule has 8 heterocycles. The molecule has 0 radical (unpaired) electrons. The van der Waals surface area contributed by atoms with Crippen LogP contribution >= 0.6 is 35.1 Å². The Labute approximate surface area is 579 Å². The third-order valence-electron chi connectivity index (χ3n) is 14.2. The van der Waals surface area contributed by atoms with Crippen molar-refractivity contribution in [2.45, 2.75) is 91.4 Å². The van der Waals surface area contributed by atoms with Gasteiger partial charge in [0.15, 0.2) is 0 Å². The van der Waals surface area contributed by atoms with Crippen LogP contribution in [0.2, 0.25) is 0 Å². The van der Waals surface area contributed by atoms with Crippen LogP contribution in [0.25, 0.3) is 0 Å². The molecule has 6 saturated heterocycles. The van der Waals surface area contributed by atoms with Crippen LogP contribution in [0.3, 0.4) is 0 Å². The predicted molar refractivity (Wildman–Crippen MR) is 304 cm³/mol. The molecule has 0 bridgehead atoms.